The van der Waals surface area contributed by atoms with E-state index in [1.54, 1.807) is 25.1 Å². The molecule has 1 aliphatic heterocycles. The van der Waals surface area contributed by atoms with Crippen LogP contribution in [-0.4, -0.2) is 18.3 Å². The van der Waals surface area contributed by atoms with Gasteiger partial charge in [-0.2, -0.15) is 0 Å². The summed E-state index contributed by atoms with van der Waals surface area (Å²) in [5, 5.41) is 0.359. The van der Waals surface area contributed by atoms with Crippen molar-refractivity contribution in [2.24, 2.45) is 0 Å². The fourth-order valence-corrected chi connectivity index (χ4v) is 4.67. The highest BCUT2D eigenvalue weighted by Crippen LogP contribution is 2.41. The third-order valence-corrected chi connectivity index (χ3v) is 5.90. The lowest BCUT2D eigenvalue weighted by atomic mass is 9.81. The highest BCUT2D eigenvalue weighted by molar-refractivity contribution is 7.99. The molecule has 0 aliphatic carbocycles. The average molecular weight is 385 g/mol. The number of fused-ring (bicyclic) bond motifs is 1. The van der Waals surface area contributed by atoms with Crippen LogP contribution in [0.15, 0.2) is 41.3 Å². The first-order valence-corrected chi connectivity index (χ1v) is 10.0. The molecule has 2 aromatic rings. The topological polar surface area (TPSA) is 26.3 Å². The Bertz CT molecular complexity index is 906. The van der Waals surface area contributed by atoms with Crippen LogP contribution in [-0.2, 0) is 10.2 Å². The summed E-state index contributed by atoms with van der Waals surface area (Å²) in [5.41, 5.74) is 3.69. The molecular weight excluding hydrogens is 364 g/mol. The average Bonchev–Trinajstić information content (AvgIpc) is 2.60. The Hall–Kier alpha value is -1.89. The third kappa shape index (κ3) is 4.09. The molecule has 2 nitrogen and oxygen atoms in total. The molecule has 0 fully saturated rings. The van der Waals surface area contributed by atoms with Crippen LogP contribution in [0.2, 0.25) is 5.02 Å². The lowest BCUT2D eigenvalue weighted by Gasteiger charge is -2.32. The summed E-state index contributed by atoms with van der Waals surface area (Å²) in [7, 11) is 0. The molecule has 0 N–H and O–H groups in total. The van der Waals surface area contributed by atoms with Gasteiger partial charge in [0.1, 0.15) is 0 Å². The number of hydrogen-bond acceptors (Lipinski definition) is 3. The van der Waals surface area contributed by atoms with Crippen molar-refractivity contribution in [3.05, 3.63) is 63.7 Å². The highest BCUT2D eigenvalue weighted by atomic mass is 35.5. The van der Waals surface area contributed by atoms with E-state index in [1.807, 2.05) is 11.8 Å². The Morgan fingerprint density at radius 1 is 1.19 bits per heavy atom. The van der Waals surface area contributed by atoms with Gasteiger partial charge >= 0.3 is 5.97 Å². The summed E-state index contributed by atoms with van der Waals surface area (Å²) in [6.07, 6.45) is 1.17. The minimum Gasteiger partial charge on any atom is -0.462 e. The molecule has 134 valence electrons. The van der Waals surface area contributed by atoms with Crippen molar-refractivity contribution in [3.8, 4) is 11.8 Å². The number of carbonyl (C=O) groups is 1. The van der Waals surface area contributed by atoms with Crippen molar-refractivity contribution in [2.45, 2.75) is 37.5 Å². The van der Waals surface area contributed by atoms with Gasteiger partial charge in [0, 0.05) is 16.0 Å². The van der Waals surface area contributed by atoms with Crippen LogP contribution in [0.25, 0.3) is 0 Å². The largest absolute Gasteiger partial charge is 0.462 e. The van der Waals surface area contributed by atoms with E-state index in [0.29, 0.717) is 17.2 Å². The molecule has 26 heavy (non-hydrogen) atoms. The Balaban J connectivity index is 1.86. The van der Waals surface area contributed by atoms with Gasteiger partial charge in [-0.3, -0.25) is 0 Å². The second-order valence-electron chi connectivity index (χ2n) is 6.86. The van der Waals surface area contributed by atoms with Crippen LogP contribution < -0.4 is 0 Å². The smallest absolute Gasteiger partial charge is 0.339 e. The maximum Gasteiger partial charge on any atom is 0.339 e. The lowest BCUT2D eigenvalue weighted by Crippen LogP contribution is -2.22. The van der Waals surface area contributed by atoms with Crippen molar-refractivity contribution in [2.75, 3.05) is 12.4 Å². The zero-order valence-electron chi connectivity index (χ0n) is 15.2. The molecule has 0 atom stereocenters. The standard InChI is InChI=1S/C22H21ClO2S/c1-4-25-21(24)17-9-7-16(14-19(17)23)6-5-15-8-10-20-18(13-15)22(2,3)11-12-26-20/h7-10,13-14H,4,11-12H2,1-3H3. The third-order valence-electron chi connectivity index (χ3n) is 4.51. The van der Waals surface area contributed by atoms with E-state index in [0.717, 1.165) is 16.9 Å². The van der Waals surface area contributed by atoms with Crippen molar-refractivity contribution < 1.29 is 9.53 Å². The molecule has 0 bridgehead atoms. The van der Waals surface area contributed by atoms with E-state index in [1.165, 1.54) is 16.9 Å². The van der Waals surface area contributed by atoms with Gasteiger partial charge < -0.3 is 4.74 Å². The van der Waals surface area contributed by atoms with E-state index in [-0.39, 0.29) is 5.41 Å². The lowest BCUT2D eigenvalue weighted by molar-refractivity contribution is 0.0526. The molecular formula is C22H21ClO2S. The predicted octanol–water partition coefficient (Wildman–Crippen LogP) is 5.69. The van der Waals surface area contributed by atoms with Crippen LogP contribution >= 0.6 is 23.4 Å². The molecule has 0 amide bonds. The summed E-state index contributed by atoms with van der Waals surface area (Å²) in [6.45, 7) is 6.67. The van der Waals surface area contributed by atoms with Gasteiger partial charge in [-0.1, -0.05) is 37.3 Å². The Kier molecular flexibility index (Phi) is 5.65. The normalized spacial score (nSPS) is 14.8. The molecule has 0 saturated heterocycles. The van der Waals surface area contributed by atoms with Crippen LogP contribution in [0.4, 0.5) is 0 Å². The molecule has 0 saturated carbocycles. The van der Waals surface area contributed by atoms with Crippen LogP contribution in [0.1, 0.15) is 54.2 Å². The van der Waals surface area contributed by atoms with Gasteiger partial charge in [-0.15, -0.1) is 11.8 Å². The van der Waals surface area contributed by atoms with E-state index in [9.17, 15) is 4.79 Å². The van der Waals surface area contributed by atoms with Gasteiger partial charge in [0.05, 0.1) is 17.2 Å². The quantitative estimate of drug-likeness (QED) is 0.491. The van der Waals surface area contributed by atoms with Crippen LogP contribution in [0.3, 0.4) is 0 Å². The number of hydrogen-bond donors (Lipinski definition) is 0. The highest BCUT2D eigenvalue weighted by Gasteiger charge is 2.27. The molecule has 4 heteroatoms. The van der Waals surface area contributed by atoms with Crippen molar-refractivity contribution in [1.82, 2.24) is 0 Å². The maximum absolute atomic E-state index is 11.8. The maximum atomic E-state index is 11.8. The molecule has 2 aromatic carbocycles. The summed E-state index contributed by atoms with van der Waals surface area (Å²) in [6, 6.07) is 11.6. The summed E-state index contributed by atoms with van der Waals surface area (Å²) in [5.74, 6) is 7.11. The van der Waals surface area contributed by atoms with E-state index in [2.05, 4.69) is 43.9 Å². The zero-order valence-corrected chi connectivity index (χ0v) is 16.8. The Morgan fingerprint density at radius 2 is 1.88 bits per heavy atom. The van der Waals surface area contributed by atoms with Crippen LogP contribution in [0.5, 0.6) is 0 Å². The van der Waals surface area contributed by atoms with Gasteiger partial charge in [-0.05, 0) is 66.5 Å². The van der Waals surface area contributed by atoms with Gasteiger partial charge in [-0.25, -0.2) is 4.79 Å². The fourth-order valence-electron chi connectivity index (χ4n) is 2.92. The molecule has 0 radical (unpaired) electrons. The first-order chi connectivity index (χ1) is 12.4. The number of ether oxygens (including phenoxy) is 1. The number of rotatable bonds is 2. The first kappa shape index (κ1) is 18.9. The fraction of sp³-hybridized carbons (Fsp3) is 0.318. The van der Waals surface area contributed by atoms with Crippen molar-refractivity contribution >= 4 is 29.3 Å². The minimum absolute atomic E-state index is 0.183. The monoisotopic (exact) mass is 384 g/mol. The number of benzene rings is 2. The van der Waals surface area contributed by atoms with E-state index >= 15 is 0 Å². The number of halogens is 1. The molecule has 0 unspecified atom stereocenters. The second kappa shape index (κ2) is 7.78. The molecule has 1 aliphatic rings. The van der Waals surface area contributed by atoms with E-state index < -0.39 is 5.97 Å². The number of carbonyl (C=O) groups excluding carboxylic acids is 1. The molecule has 3 rings (SSSR count). The molecule has 0 spiro atoms. The van der Waals surface area contributed by atoms with Gasteiger partial charge in [0.2, 0.25) is 0 Å². The first-order valence-electron chi connectivity index (χ1n) is 8.67. The van der Waals surface area contributed by atoms with Crippen molar-refractivity contribution in [3.63, 3.8) is 0 Å². The number of esters is 1. The summed E-state index contributed by atoms with van der Waals surface area (Å²) in [4.78, 5) is 13.2. The molecule has 1 heterocycles. The summed E-state index contributed by atoms with van der Waals surface area (Å²) < 4.78 is 4.99. The predicted molar refractivity (Wildman–Crippen MR) is 108 cm³/mol. The van der Waals surface area contributed by atoms with Crippen molar-refractivity contribution in [1.29, 1.82) is 0 Å². The zero-order chi connectivity index (χ0) is 18.7. The number of thioether (sulfide) groups is 1. The van der Waals surface area contributed by atoms with Crippen LogP contribution in [0, 0.1) is 11.8 Å². The van der Waals surface area contributed by atoms with E-state index in [4.69, 9.17) is 16.3 Å². The molecule has 0 aromatic heterocycles. The second-order valence-corrected chi connectivity index (χ2v) is 8.40. The van der Waals surface area contributed by atoms with Gasteiger partial charge in [0.25, 0.3) is 0 Å². The SMILES string of the molecule is CCOC(=O)c1ccc(C#Cc2ccc3c(c2)C(C)(C)CCS3)cc1Cl. The minimum atomic E-state index is -0.411. The Labute approximate surface area is 164 Å². The van der Waals surface area contributed by atoms with Gasteiger partial charge in [0.15, 0.2) is 0 Å². The Morgan fingerprint density at radius 3 is 2.58 bits per heavy atom. The summed E-state index contributed by atoms with van der Waals surface area (Å²) >= 11 is 8.12.